The van der Waals surface area contributed by atoms with Gasteiger partial charge < -0.3 is 10.0 Å². The van der Waals surface area contributed by atoms with Crippen molar-refractivity contribution in [3.05, 3.63) is 71.3 Å². The summed E-state index contributed by atoms with van der Waals surface area (Å²) in [5, 5.41) is 9.35. The van der Waals surface area contributed by atoms with Crippen molar-refractivity contribution in [1.82, 2.24) is 4.90 Å². The number of amides is 1. The molecule has 0 saturated heterocycles. The predicted molar refractivity (Wildman–Crippen MR) is 90.9 cm³/mol. The third-order valence-electron chi connectivity index (χ3n) is 4.87. The molecule has 0 heterocycles. The second kappa shape index (κ2) is 7.31. The molecule has 1 N–H and O–H groups in total. The van der Waals surface area contributed by atoms with Crippen LogP contribution in [0.5, 0.6) is 0 Å². The van der Waals surface area contributed by atoms with Gasteiger partial charge in [-0.3, -0.25) is 4.79 Å². The van der Waals surface area contributed by atoms with Crippen molar-refractivity contribution in [2.45, 2.75) is 24.8 Å². The molecule has 2 aromatic carbocycles. The summed E-state index contributed by atoms with van der Waals surface area (Å²) in [6.45, 7) is -0.0299. The van der Waals surface area contributed by atoms with Gasteiger partial charge in [0.1, 0.15) is 11.6 Å². The molecule has 2 aromatic rings. The normalized spacial score (nSPS) is 20.2. The number of carbonyl (C=O) groups excluding carboxylic acids is 1. The highest BCUT2D eigenvalue weighted by molar-refractivity contribution is 5.83. The minimum Gasteiger partial charge on any atom is -0.396 e. The van der Waals surface area contributed by atoms with E-state index >= 15 is 0 Å². The van der Waals surface area contributed by atoms with Crippen LogP contribution in [0.15, 0.2) is 48.5 Å². The number of rotatable bonds is 6. The first kappa shape index (κ1) is 17.5. The smallest absolute Gasteiger partial charge is 0.226 e. The standard InChI is InChI=1S/C20H21F2NO2/c1-23(19(9-10-24)13-5-3-2-4-6-13)20(25)17-12-16(17)15-8-7-14(21)11-18(15)22/h2-8,11,16-17,19,24H,9-10,12H2,1H3. The molecule has 1 amide bonds. The Balaban J connectivity index is 1.74. The number of halogens is 2. The fraction of sp³-hybridized carbons (Fsp3) is 0.350. The van der Waals surface area contributed by atoms with Crippen LogP contribution in [0.2, 0.25) is 0 Å². The first-order valence-corrected chi connectivity index (χ1v) is 8.40. The van der Waals surface area contributed by atoms with Crippen molar-refractivity contribution >= 4 is 5.91 Å². The van der Waals surface area contributed by atoms with Crippen molar-refractivity contribution in [3.8, 4) is 0 Å². The molecule has 3 unspecified atom stereocenters. The van der Waals surface area contributed by atoms with E-state index < -0.39 is 11.6 Å². The molecule has 1 aliphatic rings. The van der Waals surface area contributed by atoms with Gasteiger partial charge in [0.05, 0.1) is 6.04 Å². The lowest BCUT2D eigenvalue weighted by Gasteiger charge is -2.28. The van der Waals surface area contributed by atoms with Gasteiger partial charge in [-0.1, -0.05) is 36.4 Å². The zero-order valence-corrected chi connectivity index (χ0v) is 14.0. The summed E-state index contributed by atoms with van der Waals surface area (Å²) in [6, 6.07) is 12.8. The van der Waals surface area contributed by atoms with E-state index in [9.17, 15) is 18.7 Å². The van der Waals surface area contributed by atoms with Crippen LogP contribution in [0, 0.1) is 17.6 Å². The van der Waals surface area contributed by atoms with Gasteiger partial charge in [0.25, 0.3) is 0 Å². The van der Waals surface area contributed by atoms with E-state index in [1.54, 1.807) is 11.9 Å². The number of nitrogens with zero attached hydrogens (tertiary/aromatic N) is 1. The topological polar surface area (TPSA) is 40.5 Å². The maximum Gasteiger partial charge on any atom is 0.226 e. The van der Waals surface area contributed by atoms with Gasteiger partial charge in [-0.25, -0.2) is 8.78 Å². The molecule has 0 spiro atoms. The number of hydrogen-bond donors (Lipinski definition) is 1. The molecule has 3 nitrogen and oxygen atoms in total. The molecule has 3 rings (SSSR count). The zero-order valence-electron chi connectivity index (χ0n) is 14.0. The highest BCUT2D eigenvalue weighted by Gasteiger charge is 2.47. The Labute approximate surface area is 145 Å². The molecule has 1 aliphatic carbocycles. The molecule has 3 atom stereocenters. The Bertz CT molecular complexity index is 751. The molecule has 0 radical (unpaired) electrons. The van der Waals surface area contributed by atoms with E-state index in [4.69, 9.17) is 0 Å². The minimum atomic E-state index is -0.617. The van der Waals surface area contributed by atoms with Gasteiger partial charge in [-0.15, -0.1) is 0 Å². The lowest BCUT2D eigenvalue weighted by molar-refractivity contribution is -0.133. The fourth-order valence-corrected chi connectivity index (χ4v) is 3.41. The van der Waals surface area contributed by atoms with Gasteiger partial charge in [-0.05, 0) is 36.0 Å². The van der Waals surface area contributed by atoms with Gasteiger partial charge in [0, 0.05) is 25.6 Å². The minimum absolute atomic E-state index is 0.0299. The molecular formula is C20H21F2NO2. The number of aliphatic hydroxyl groups is 1. The first-order valence-electron chi connectivity index (χ1n) is 8.40. The largest absolute Gasteiger partial charge is 0.396 e. The van der Waals surface area contributed by atoms with Crippen LogP contribution in [-0.4, -0.2) is 29.6 Å². The molecular weight excluding hydrogens is 324 g/mol. The summed E-state index contributed by atoms with van der Waals surface area (Å²) in [7, 11) is 1.71. The van der Waals surface area contributed by atoms with Crippen molar-refractivity contribution < 1.29 is 18.7 Å². The van der Waals surface area contributed by atoms with Crippen molar-refractivity contribution in [1.29, 1.82) is 0 Å². The number of aliphatic hydroxyl groups excluding tert-OH is 1. The Morgan fingerprint density at radius 2 is 1.96 bits per heavy atom. The highest BCUT2D eigenvalue weighted by Crippen LogP contribution is 2.50. The predicted octanol–water partition coefficient (Wildman–Crippen LogP) is 3.65. The number of benzene rings is 2. The monoisotopic (exact) mass is 345 g/mol. The van der Waals surface area contributed by atoms with E-state index in [-0.39, 0.29) is 30.4 Å². The van der Waals surface area contributed by atoms with E-state index in [2.05, 4.69) is 0 Å². The van der Waals surface area contributed by atoms with Gasteiger partial charge in [0.2, 0.25) is 5.91 Å². The summed E-state index contributed by atoms with van der Waals surface area (Å²) in [5.74, 6) is -1.79. The molecule has 1 fully saturated rings. The van der Waals surface area contributed by atoms with Crippen molar-refractivity contribution in [3.63, 3.8) is 0 Å². The molecule has 1 saturated carbocycles. The fourth-order valence-electron chi connectivity index (χ4n) is 3.41. The van der Waals surface area contributed by atoms with E-state index in [1.165, 1.54) is 12.1 Å². The van der Waals surface area contributed by atoms with Crippen LogP contribution < -0.4 is 0 Å². The Hall–Kier alpha value is -2.27. The summed E-state index contributed by atoms with van der Waals surface area (Å²) < 4.78 is 27.0. The van der Waals surface area contributed by atoms with Crippen LogP contribution in [0.1, 0.15) is 35.9 Å². The first-order chi connectivity index (χ1) is 12.0. The molecule has 5 heteroatoms. The lowest BCUT2D eigenvalue weighted by atomic mass is 10.0. The van der Waals surface area contributed by atoms with Gasteiger partial charge in [-0.2, -0.15) is 0 Å². The van der Waals surface area contributed by atoms with Crippen molar-refractivity contribution in [2.75, 3.05) is 13.7 Å². The second-order valence-electron chi connectivity index (χ2n) is 6.50. The second-order valence-corrected chi connectivity index (χ2v) is 6.50. The average Bonchev–Trinajstić information content (AvgIpc) is 3.39. The quantitative estimate of drug-likeness (QED) is 0.868. The maximum absolute atomic E-state index is 13.9. The summed E-state index contributed by atoms with van der Waals surface area (Å²) in [6.07, 6.45) is 1.00. The molecule has 0 aliphatic heterocycles. The van der Waals surface area contributed by atoms with Crippen LogP contribution in [0.25, 0.3) is 0 Å². The summed E-state index contributed by atoms with van der Waals surface area (Å²) in [4.78, 5) is 14.4. The van der Waals surface area contributed by atoms with Crippen molar-refractivity contribution in [2.24, 2.45) is 5.92 Å². The number of hydrogen-bond acceptors (Lipinski definition) is 2. The van der Waals surface area contributed by atoms with Crippen LogP contribution in [0.4, 0.5) is 8.78 Å². The molecule has 132 valence electrons. The SMILES string of the molecule is CN(C(=O)C1CC1c1ccc(F)cc1F)C(CCO)c1ccccc1. The van der Waals surface area contributed by atoms with Gasteiger partial charge >= 0.3 is 0 Å². The third kappa shape index (κ3) is 3.71. The molecule has 25 heavy (non-hydrogen) atoms. The Morgan fingerprint density at radius 3 is 2.60 bits per heavy atom. The molecule has 0 bridgehead atoms. The summed E-state index contributed by atoms with van der Waals surface area (Å²) >= 11 is 0. The van der Waals surface area contributed by atoms with Crippen LogP contribution >= 0.6 is 0 Å². The summed E-state index contributed by atoms with van der Waals surface area (Å²) in [5.41, 5.74) is 1.35. The lowest BCUT2D eigenvalue weighted by Crippen LogP contribution is -2.33. The van der Waals surface area contributed by atoms with Gasteiger partial charge in [0.15, 0.2) is 0 Å². The van der Waals surface area contributed by atoms with Crippen LogP contribution in [0.3, 0.4) is 0 Å². The van der Waals surface area contributed by atoms with E-state index in [0.717, 1.165) is 11.6 Å². The number of carbonyl (C=O) groups is 1. The zero-order chi connectivity index (χ0) is 18.0. The Morgan fingerprint density at radius 1 is 1.24 bits per heavy atom. The Kier molecular flexibility index (Phi) is 5.13. The van der Waals surface area contributed by atoms with E-state index in [1.807, 2.05) is 30.3 Å². The highest BCUT2D eigenvalue weighted by atomic mass is 19.1. The average molecular weight is 345 g/mol. The van der Waals surface area contributed by atoms with Crippen LogP contribution in [-0.2, 0) is 4.79 Å². The molecule has 0 aromatic heterocycles. The maximum atomic E-state index is 13.9. The third-order valence-corrected chi connectivity index (χ3v) is 4.87. The van der Waals surface area contributed by atoms with E-state index in [0.29, 0.717) is 18.4 Å².